The summed E-state index contributed by atoms with van der Waals surface area (Å²) in [5.74, 6) is -0.193. The first kappa shape index (κ1) is 31.9. The molecule has 0 spiro atoms. The predicted molar refractivity (Wildman–Crippen MR) is 173 cm³/mol. The second-order valence-corrected chi connectivity index (χ2v) is 12.8. The average Bonchev–Trinajstić information content (AvgIpc) is 3.43. The van der Waals surface area contributed by atoms with Gasteiger partial charge in [0.1, 0.15) is 0 Å². The fourth-order valence-corrected chi connectivity index (χ4v) is 7.52. The summed E-state index contributed by atoms with van der Waals surface area (Å²) >= 11 is 1.51. The fourth-order valence-electron chi connectivity index (χ4n) is 4.99. The van der Waals surface area contributed by atoms with Crippen molar-refractivity contribution in [2.75, 3.05) is 55.1 Å². The number of rotatable bonds is 11. The maximum atomic E-state index is 13.9. The van der Waals surface area contributed by atoms with Gasteiger partial charge >= 0.3 is 0 Å². The molecule has 1 saturated heterocycles. The molecule has 0 saturated carbocycles. The molecule has 1 amide bonds. The van der Waals surface area contributed by atoms with Gasteiger partial charge in [0.05, 0.1) is 34.0 Å². The second-order valence-electron chi connectivity index (χ2n) is 9.95. The van der Waals surface area contributed by atoms with Crippen molar-refractivity contribution in [2.45, 2.75) is 31.6 Å². The number of morpholine rings is 1. The van der Waals surface area contributed by atoms with E-state index in [0.29, 0.717) is 29.5 Å². The Morgan fingerprint density at radius 2 is 1.71 bits per heavy atom. The van der Waals surface area contributed by atoms with E-state index < -0.39 is 10.0 Å². The third-order valence-electron chi connectivity index (χ3n) is 7.31. The topological polar surface area (TPSA) is 83.0 Å². The first-order valence-electron chi connectivity index (χ1n) is 14.1. The van der Waals surface area contributed by atoms with Crippen molar-refractivity contribution in [2.24, 2.45) is 0 Å². The van der Waals surface area contributed by atoms with Crippen molar-refractivity contribution >= 4 is 60.7 Å². The van der Waals surface area contributed by atoms with Gasteiger partial charge in [0, 0.05) is 38.3 Å². The van der Waals surface area contributed by atoms with Gasteiger partial charge < -0.3 is 4.74 Å². The Kier molecular flexibility index (Phi) is 11.0. The lowest BCUT2D eigenvalue weighted by atomic mass is 10.2. The highest BCUT2D eigenvalue weighted by Crippen LogP contribution is 2.31. The summed E-state index contributed by atoms with van der Waals surface area (Å²) in [7, 11) is -3.79. The van der Waals surface area contributed by atoms with E-state index in [2.05, 4.69) is 24.0 Å². The molecule has 1 aliphatic rings. The Morgan fingerprint density at radius 3 is 2.38 bits per heavy atom. The number of hydrogen-bond donors (Lipinski definition) is 0. The molecule has 0 bridgehead atoms. The third kappa shape index (κ3) is 7.12. The minimum Gasteiger partial charge on any atom is -0.379 e. The van der Waals surface area contributed by atoms with Crippen LogP contribution in [0.25, 0.3) is 10.2 Å². The van der Waals surface area contributed by atoms with Gasteiger partial charge in [-0.3, -0.25) is 18.9 Å². The number of carbonyl (C=O) groups excluding carboxylic acids is 1. The number of anilines is 2. The molecule has 1 aliphatic heterocycles. The Balaban J connectivity index is 0.00000405. The van der Waals surface area contributed by atoms with Gasteiger partial charge in [0.15, 0.2) is 5.13 Å². The summed E-state index contributed by atoms with van der Waals surface area (Å²) in [6.07, 6.45) is 1.72. The van der Waals surface area contributed by atoms with E-state index in [1.54, 1.807) is 36.1 Å². The summed E-state index contributed by atoms with van der Waals surface area (Å²) < 4.78 is 34.8. The molecule has 3 aromatic carbocycles. The lowest BCUT2D eigenvalue weighted by molar-refractivity contribution is 0.0376. The monoisotopic (exact) mass is 628 g/mol. The first-order chi connectivity index (χ1) is 19.9. The molecule has 0 N–H and O–H groups in total. The number of carbonyl (C=O) groups is 1. The maximum Gasteiger partial charge on any atom is 0.264 e. The molecular formula is C31H37ClN4O4S2. The Morgan fingerprint density at radius 1 is 1.00 bits per heavy atom. The fraction of sp³-hybridized carbons (Fsp3) is 0.355. The van der Waals surface area contributed by atoms with Crippen LogP contribution in [0.15, 0.2) is 77.7 Å². The predicted octanol–water partition coefficient (Wildman–Crippen LogP) is 5.86. The van der Waals surface area contributed by atoms with E-state index in [4.69, 9.17) is 9.72 Å². The molecule has 1 aromatic heterocycles. The molecule has 5 rings (SSSR count). The zero-order chi connectivity index (χ0) is 28.8. The van der Waals surface area contributed by atoms with Crippen molar-refractivity contribution in [1.82, 2.24) is 9.88 Å². The highest BCUT2D eigenvalue weighted by atomic mass is 35.5. The van der Waals surface area contributed by atoms with E-state index >= 15 is 0 Å². The zero-order valence-corrected chi connectivity index (χ0v) is 26.4. The van der Waals surface area contributed by atoms with Crippen molar-refractivity contribution < 1.29 is 17.9 Å². The van der Waals surface area contributed by atoms with E-state index in [1.165, 1.54) is 33.3 Å². The quantitative estimate of drug-likeness (QED) is 0.207. The zero-order valence-electron chi connectivity index (χ0n) is 23.9. The van der Waals surface area contributed by atoms with Gasteiger partial charge in [-0.1, -0.05) is 42.5 Å². The summed E-state index contributed by atoms with van der Waals surface area (Å²) in [6, 6.07) is 21.5. The van der Waals surface area contributed by atoms with Crippen LogP contribution in [0, 0.1) is 0 Å². The van der Waals surface area contributed by atoms with Crippen LogP contribution in [0.2, 0.25) is 0 Å². The number of halogens is 1. The molecule has 4 aromatic rings. The summed E-state index contributed by atoms with van der Waals surface area (Å²) in [6.45, 7) is 8.83. The molecule has 0 atom stereocenters. The van der Waals surface area contributed by atoms with Gasteiger partial charge in [-0.25, -0.2) is 13.4 Å². The SMILES string of the molecule is CCc1ccc2nc(N(CCCN3CCOCC3)C(=O)c3ccc(S(=O)(=O)N(CC)c4ccccc4)cc3)sc2c1.Cl. The van der Waals surface area contributed by atoms with E-state index in [-0.39, 0.29) is 23.2 Å². The smallest absolute Gasteiger partial charge is 0.264 e. The van der Waals surface area contributed by atoms with E-state index in [0.717, 1.165) is 55.9 Å². The van der Waals surface area contributed by atoms with Gasteiger partial charge in [-0.15, -0.1) is 12.4 Å². The van der Waals surface area contributed by atoms with Crippen LogP contribution in [0.1, 0.15) is 36.2 Å². The number of nitrogens with zero attached hydrogens (tertiary/aromatic N) is 4. The molecule has 0 unspecified atom stereocenters. The Hall–Kier alpha value is -3.02. The van der Waals surface area contributed by atoms with E-state index in [1.807, 2.05) is 24.3 Å². The minimum absolute atomic E-state index is 0. The molecule has 11 heteroatoms. The molecule has 0 radical (unpaired) electrons. The van der Waals surface area contributed by atoms with Gasteiger partial charge in [-0.2, -0.15) is 0 Å². The third-order valence-corrected chi connectivity index (χ3v) is 10.3. The van der Waals surface area contributed by atoms with Crippen molar-refractivity contribution in [1.29, 1.82) is 0 Å². The highest BCUT2D eigenvalue weighted by molar-refractivity contribution is 7.92. The highest BCUT2D eigenvalue weighted by Gasteiger charge is 2.26. The average molecular weight is 629 g/mol. The normalized spacial score (nSPS) is 14.0. The lowest BCUT2D eigenvalue weighted by Crippen LogP contribution is -2.39. The molecule has 0 aliphatic carbocycles. The van der Waals surface area contributed by atoms with Crippen LogP contribution >= 0.6 is 23.7 Å². The second kappa shape index (κ2) is 14.4. The number of benzene rings is 3. The number of aromatic nitrogens is 1. The largest absolute Gasteiger partial charge is 0.379 e. The van der Waals surface area contributed by atoms with Crippen molar-refractivity contribution in [3.8, 4) is 0 Å². The Bertz CT molecular complexity index is 1570. The van der Waals surface area contributed by atoms with Crippen LogP contribution in [0.3, 0.4) is 0 Å². The summed E-state index contributed by atoms with van der Waals surface area (Å²) in [5, 5.41) is 0.651. The molecule has 8 nitrogen and oxygen atoms in total. The van der Waals surface area contributed by atoms with Crippen LogP contribution in [-0.2, 0) is 21.2 Å². The number of aryl methyl sites for hydroxylation is 1. The van der Waals surface area contributed by atoms with Crippen LogP contribution in [-0.4, -0.2) is 70.1 Å². The minimum atomic E-state index is -3.79. The van der Waals surface area contributed by atoms with Crippen LogP contribution in [0.5, 0.6) is 0 Å². The number of thiazole rings is 1. The number of para-hydroxylation sites is 1. The summed E-state index contributed by atoms with van der Waals surface area (Å²) in [5.41, 5.74) is 3.12. The number of fused-ring (bicyclic) bond motifs is 1. The van der Waals surface area contributed by atoms with Crippen molar-refractivity contribution in [3.05, 3.63) is 83.9 Å². The standard InChI is InChI=1S/C31H36N4O4S2.ClH/c1-3-24-11-16-28-29(23-24)40-31(32-28)34(18-8-17-33-19-21-39-22-20-33)30(36)25-12-14-27(15-13-25)41(37,38)35(4-2)26-9-6-5-7-10-26;/h5-7,9-16,23H,3-4,8,17-22H2,1-2H3;1H. The van der Waals surface area contributed by atoms with Gasteiger partial charge in [0.2, 0.25) is 0 Å². The van der Waals surface area contributed by atoms with Gasteiger partial charge in [-0.05, 0) is 73.9 Å². The molecule has 1 fully saturated rings. The number of hydrogen-bond acceptors (Lipinski definition) is 7. The lowest BCUT2D eigenvalue weighted by Gasteiger charge is -2.27. The molecule has 2 heterocycles. The van der Waals surface area contributed by atoms with E-state index in [9.17, 15) is 13.2 Å². The number of ether oxygens (including phenoxy) is 1. The van der Waals surface area contributed by atoms with Gasteiger partial charge in [0.25, 0.3) is 15.9 Å². The Labute approximate surface area is 258 Å². The maximum absolute atomic E-state index is 13.9. The molecular weight excluding hydrogens is 592 g/mol. The first-order valence-corrected chi connectivity index (χ1v) is 16.4. The van der Waals surface area contributed by atoms with Crippen LogP contribution < -0.4 is 9.21 Å². The summed E-state index contributed by atoms with van der Waals surface area (Å²) in [4.78, 5) is 22.9. The van der Waals surface area contributed by atoms with Crippen molar-refractivity contribution in [3.63, 3.8) is 0 Å². The number of sulfonamides is 1. The van der Waals surface area contributed by atoms with Crippen LogP contribution in [0.4, 0.5) is 10.8 Å². The number of amides is 1. The molecule has 42 heavy (non-hydrogen) atoms. The molecule has 224 valence electrons.